The summed E-state index contributed by atoms with van der Waals surface area (Å²) in [6.45, 7) is 10.9. The first-order chi connectivity index (χ1) is 19.9. The predicted molar refractivity (Wildman–Crippen MR) is 170 cm³/mol. The number of ether oxygens (including phenoxy) is 1. The van der Waals surface area contributed by atoms with Crippen LogP contribution in [0.4, 0.5) is 5.69 Å². The minimum Gasteiger partial charge on any atom is -0.457 e. The Kier molecular flexibility index (Phi) is 6.35. The Morgan fingerprint density at radius 2 is 1.80 bits per heavy atom. The van der Waals surface area contributed by atoms with Crippen LogP contribution < -0.4 is 14.2 Å². The molecular formula is C36H35N2O2S+. The summed E-state index contributed by atoms with van der Waals surface area (Å²) in [5.41, 5.74) is 8.52. The number of anilines is 1. The largest absolute Gasteiger partial charge is 0.457 e. The third-order valence-corrected chi connectivity index (χ3v) is 9.23. The molecule has 0 fully saturated rings. The topological polar surface area (TPSA) is 29.5 Å². The number of aryl methyl sites for hydroxylation is 1. The molecule has 5 heteroatoms. The second kappa shape index (κ2) is 10.1. The summed E-state index contributed by atoms with van der Waals surface area (Å²) in [6.07, 6.45) is 10.8. The number of furan rings is 1. The van der Waals surface area contributed by atoms with E-state index in [1.165, 1.54) is 37.5 Å². The van der Waals surface area contributed by atoms with E-state index in [0.29, 0.717) is 0 Å². The predicted octanol–water partition coefficient (Wildman–Crippen LogP) is 9.51. The summed E-state index contributed by atoms with van der Waals surface area (Å²) in [7, 11) is 0. The van der Waals surface area contributed by atoms with Gasteiger partial charge in [-0.2, -0.15) is 4.57 Å². The van der Waals surface area contributed by atoms with E-state index >= 15 is 0 Å². The number of hydrogen-bond acceptors (Lipinski definition) is 4. The maximum atomic E-state index is 6.45. The van der Waals surface area contributed by atoms with Crippen molar-refractivity contribution in [3.8, 4) is 16.9 Å². The first-order valence-electron chi connectivity index (χ1n) is 14.5. The lowest BCUT2D eigenvalue weighted by atomic mass is 9.75. The molecule has 0 amide bonds. The van der Waals surface area contributed by atoms with Crippen molar-refractivity contribution in [3.63, 3.8) is 0 Å². The van der Waals surface area contributed by atoms with Crippen molar-refractivity contribution in [3.05, 3.63) is 107 Å². The molecule has 206 valence electrons. The van der Waals surface area contributed by atoms with Gasteiger partial charge in [-0.25, -0.2) is 0 Å². The van der Waals surface area contributed by atoms with E-state index < -0.39 is 0 Å². The first-order valence-corrected chi connectivity index (χ1v) is 15.3. The molecule has 0 atom stereocenters. The number of hydrogen-bond donors (Lipinski definition) is 0. The van der Waals surface area contributed by atoms with E-state index in [4.69, 9.17) is 9.15 Å². The van der Waals surface area contributed by atoms with Crippen LogP contribution in [0.1, 0.15) is 45.5 Å². The summed E-state index contributed by atoms with van der Waals surface area (Å²) >= 11 is 1.84. The van der Waals surface area contributed by atoms with Gasteiger partial charge >= 0.3 is 0 Å². The molecular weight excluding hydrogens is 524 g/mol. The zero-order chi connectivity index (χ0) is 28.1. The van der Waals surface area contributed by atoms with Crippen molar-refractivity contribution in [2.45, 2.75) is 47.1 Å². The molecule has 7 rings (SSSR count). The highest BCUT2D eigenvalue weighted by atomic mass is 32.1. The van der Waals surface area contributed by atoms with Crippen molar-refractivity contribution < 1.29 is 13.7 Å². The average molecular weight is 560 g/mol. The monoisotopic (exact) mass is 559 g/mol. The fourth-order valence-corrected chi connectivity index (χ4v) is 7.59. The number of thiazole rings is 1. The van der Waals surface area contributed by atoms with Gasteiger partial charge in [0.05, 0.1) is 12.0 Å². The molecule has 1 aliphatic carbocycles. The highest BCUT2D eigenvalue weighted by molar-refractivity contribution is 7.19. The average Bonchev–Trinajstić information content (AvgIpc) is 3.66. The van der Waals surface area contributed by atoms with E-state index in [1.54, 1.807) is 6.26 Å². The molecule has 2 aromatic heterocycles. The van der Waals surface area contributed by atoms with Gasteiger partial charge in [0.25, 0.3) is 10.5 Å². The van der Waals surface area contributed by atoms with E-state index in [0.717, 1.165) is 54.2 Å². The minimum atomic E-state index is 0.151. The van der Waals surface area contributed by atoms with E-state index in [9.17, 15) is 0 Å². The smallest absolute Gasteiger partial charge is 0.267 e. The standard InChI is InChI=1S/C36H35N2O2S/c1-5-37-29-21-28(26-10-8-7-9-11-26)12-14-30(29)40-32(37)19-24-18-25(23-36(3,4)22-24)20-33-38(6-2)34-31(41-33)15-13-27-16-17-39-35(27)34/h7-21H,5-6,22-23H2,1-4H3/q+1. The van der Waals surface area contributed by atoms with Gasteiger partial charge in [0.2, 0.25) is 11.5 Å². The van der Waals surface area contributed by atoms with Gasteiger partial charge in [0, 0.05) is 24.1 Å². The van der Waals surface area contributed by atoms with Crippen LogP contribution in [0.15, 0.2) is 107 Å². The highest BCUT2D eigenvalue weighted by Gasteiger charge is 2.30. The molecule has 1 aliphatic heterocycles. The maximum absolute atomic E-state index is 6.45. The molecule has 0 radical (unpaired) electrons. The first kappa shape index (κ1) is 25.8. The Balaban J connectivity index is 1.26. The Labute approximate surface area is 245 Å². The molecule has 4 nitrogen and oxygen atoms in total. The third-order valence-electron chi connectivity index (χ3n) is 8.13. The van der Waals surface area contributed by atoms with Gasteiger partial charge in [-0.1, -0.05) is 67.7 Å². The minimum absolute atomic E-state index is 0.151. The van der Waals surface area contributed by atoms with E-state index in [-0.39, 0.29) is 5.41 Å². The van der Waals surface area contributed by atoms with Crippen LogP contribution in [0, 0.1) is 5.41 Å². The number of benzene rings is 3. The van der Waals surface area contributed by atoms with Crippen molar-refractivity contribution in [2.75, 3.05) is 11.4 Å². The third kappa shape index (κ3) is 4.68. The van der Waals surface area contributed by atoms with E-state index in [2.05, 4.69) is 116 Å². The lowest BCUT2D eigenvalue weighted by molar-refractivity contribution is -0.664. The molecule has 0 spiro atoms. The van der Waals surface area contributed by atoms with Crippen LogP contribution in [0.2, 0.25) is 0 Å². The SMILES string of the molecule is CCN1/C(=C/C2=CC(=C/c3sc4ccc5ccoc5c4[n+]3CC)/CC(C)(C)C2)Oc2ccc(-c3ccccc3)cc21. The molecule has 3 aromatic carbocycles. The van der Waals surface area contributed by atoms with Gasteiger partial charge < -0.3 is 14.1 Å². The maximum Gasteiger partial charge on any atom is 0.267 e. The second-order valence-electron chi connectivity index (χ2n) is 11.8. The molecule has 0 N–H and O–H groups in total. The number of allylic oxidation sites excluding steroid dienone is 4. The van der Waals surface area contributed by atoms with Gasteiger partial charge in [0.15, 0.2) is 5.75 Å². The Hall–Kier alpha value is -4.09. The molecule has 3 heterocycles. The summed E-state index contributed by atoms with van der Waals surface area (Å²) in [4.78, 5) is 2.29. The summed E-state index contributed by atoms with van der Waals surface area (Å²) in [6, 6.07) is 23.5. The zero-order valence-electron chi connectivity index (χ0n) is 24.1. The Bertz CT molecular complexity index is 1870. The number of aromatic nitrogens is 1. The summed E-state index contributed by atoms with van der Waals surface area (Å²) < 4.78 is 16.0. The molecule has 41 heavy (non-hydrogen) atoms. The van der Waals surface area contributed by atoms with Crippen LogP contribution >= 0.6 is 11.3 Å². The Morgan fingerprint density at radius 1 is 0.951 bits per heavy atom. The molecule has 0 unspecified atom stereocenters. The molecule has 0 saturated heterocycles. The van der Waals surface area contributed by atoms with Crippen LogP contribution in [0.3, 0.4) is 0 Å². The zero-order valence-corrected chi connectivity index (χ0v) is 24.9. The van der Waals surface area contributed by atoms with Gasteiger partial charge in [0.1, 0.15) is 11.2 Å². The van der Waals surface area contributed by atoms with Gasteiger partial charge in [-0.3, -0.25) is 0 Å². The highest BCUT2D eigenvalue weighted by Crippen LogP contribution is 2.44. The Morgan fingerprint density at radius 3 is 2.61 bits per heavy atom. The summed E-state index contributed by atoms with van der Waals surface area (Å²) in [5, 5.41) is 2.41. The number of fused-ring (bicyclic) bond motifs is 4. The normalized spacial score (nSPS) is 18.3. The molecule has 0 bridgehead atoms. The van der Waals surface area contributed by atoms with Crippen molar-refractivity contribution in [1.29, 1.82) is 0 Å². The van der Waals surface area contributed by atoms with Crippen molar-refractivity contribution in [2.24, 2.45) is 5.41 Å². The molecule has 0 saturated carbocycles. The molecule has 2 aliphatic rings. The quantitative estimate of drug-likeness (QED) is 0.201. The van der Waals surface area contributed by atoms with Gasteiger partial charge in [-0.15, -0.1) is 0 Å². The van der Waals surface area contributed by atoms with Crippen molar-refractivity contribution >= 4 is 44.3 Å². The van der Waals surface area contributed by atoms with Gasteiger partial charge in [-0.05, 0) is 84.7 Å². The lowest BCUT2D eigenvalue weighted by Crippen LogP contribution is -2.33. The van der Waals surface area contributed by atoms with Crippen LogP contribution in [-0.4, -0.2) is 6.54 Å². The van der Waals surface area contributed by atoms with Crippen LogP contribution in [0.25, 0.3) is 38.4 Å². The number of nitrogens with zero attached hydrogens (tertiary/aromatic N) is 2. The van der Waals surface area contributed by atoms with Crippen molar-refractivity contribution in [1.82, 2.24) is 0 Å². The van der Waals surface area contributed by atoms with Crippen LogP contribution in [0.5, 0.6) is 5.75 Å². The fraction of sp³-hybridized carbons (Fsp3) is 0.250. The van der Waals surface area contributed by atoms with Crippen LogP contribution in [-0.2, 0) is 6.54 Å². The number of rotatable bonds is 5. The second-order valence-corrected chi connectivity index (χ2v) is 12.8. The molecule has 5 aromatic rings. The summed E-state index contributed by atoms with van der Waals surface area (Å²) in [5.74, 6) is 1.82. The fourth-order valence-electron chi connectivity index (χ4n) is 6.39. The van der Waals surface area contributed by atoms with E-state index in [1.807, 2.05) is 17.4 Å². The lowest BCUT2D eigenvalue weighted by Gasteiger charge is -2.30.